The van der Waals surface area contributed by atoms with E-state index in [1.54, 1.807) is 12.1 Å². The minimum atomic E-state index is -0.284. The molecule has 2 amide bonds. The molecule has 184 valence electrons. The van der Waals surface area contributed by atoms with Gasteiger partial charge in [0.05, 0.1) is 6.04 Å². The Labute approximate surface area is 213 Å². The number of anilines is 2. The summed E-state index contributed by atoms with van der Waals surface area (Å²) in [6.45, 7) is 8.08. The third-order valence-corrected chi connectivity index (χ3v) is 6.66. The zero-order valence-corrected chi connectivity index (χ0v) is 21.1. The lowest BCUT2D eigenvalue weighted by molar-refractivity contribution is -0.116. The van der Waals surface area contributed by atoms with Crippen molar-refractivity contribution < 1.29 is 9.59 Å². The summed E-state index contributed by atoms with van der Waals surface area (Å²) in [5, 5.41) is 6.13. The molecule has 0 heterocycles. The maximum atomic E-state index is 13.2. The number of carbonyl (C=O) groups excluding carboxylic acids is 2. The van der Waals surface area contributed by atoms with Crippen LogP contribution in [0.5, 0.6) is 0 Å². The van der Waals surface area contributed by atoms with Gasteiger partial charge in [0.2, 0.25) is 5.91 Å². The summed E-state index contributed by atoms with van der Waals surface area (Å²) in [7, 11) is 0. The van der Waals surface area contributed by atoms with Gasteiger partial charge < -0.3 is 15.5 Å². The first-order valence-electron chi connectivity index (χ1n) is 12.6. The molecule has 5 nitrogen and oxygen atoms in total. The first-order chi connectivity index (χ1) is 17.5. The molecule has 0 radical (unpaired) electrons. The van der Waals surface area contributed by atoms with Crippen LogP contribution in [0.2, 0.25) is 0 Å². The fourth-order valence-corrected chi connectivity index (χ4v) is 4.72. The van der Waals surface area contributed by atoms with Crippen LogP contribution in [0.25, 0.3) is 6.08 Å². The number of rotatable bonds is 9. The first kappa shape index (κ1) is 25.0. The Bertz CT molecular complexity index is 1270. The summed E-state index contributed by atoms with van der Waals surface area (Å²) in [4.78, 5) is 28.2. The van der Waals surface area contributed by atoms with Gasteiger partial charge in [0, 0.05) is 47.9 Å². The van der Waals surface area contributed by atoms with E-state index in [-0.39, 0.29) is 30.2 Å². The van der Waals surface area contributed by atoms with Gasteiger partial charge in [-0.05, 0) is 74.4 Å². The van der Waals surface area contributed by atoms with Crippen molar-refractivity contribution in [3.05, 3.63) is 107 Å². The number of carbonyl (C=O) groups is 2. The topological polar surface area (TPSA) is 61.4 Å². The van der Waals surface area contributed by atoms with Gasteiger partial charge in [-0.15, -0.1) is 5.73 Å². The van der Waals surface area contributed by atoms with Crippen LogP contribution < -0.4 is 15.5 Å². The average molecular weight is 480 g/mol. The minimum absolute atomic E-state index is 0.0758. The van der Waals surface area contributed by atoms with Gasteiger partial charge in [0.1, 0.15) is 0 Å². The van der Waals surface area contributed by atoms with Crippen molar-refractivity contribution in [2.75, 3.05) is 23.3 Å². The number of fused-ring (bicyclic) bond motifs is 1. The van der Waals surface area contributed by atoms with Crippen LogP contribution >= 0.6 is 0 Å². The van der Waals surface area contributed by atoms with Gasteiger partial charge in [-0.25, -0.2) is 0 Å². The van der Waals surface area contributed by atoms with Crippen molar-refractivity contribution in [1.82, 2.24) is 5.32 Å². The van der Waals surface area contributed by atoms with Gasteiger partial charge >= 0.3 is 0 Å². The fourth-order valence-electron chi connectivity index (χ4n) is 4.72. The standard InChI is InChI=1S/C31H33N3O2/c1-4-34(5-2)26-18-16-25(17-19-26)33-30(35)21-29-27(20-15-23-11-9-10-14-28(23)29)22(3)32-31(36)24-12-7-6-8-13-24/h6-19,22,29H,4-5,21H2,1-3H3,(H,32,36)(H,33,35). The molecule has 1 aliphatic carbocycles. The van der Waals surface area contributed by atoms with Crippen molar-refractivity contribution in [3.8, 4) is 0 Å². The number of amides is 2. The fraction of sp³-hybridized carbons (Fsp3) is 0.258. The molecule has 2 N–H and O–H groups in total. The molecule has 0 spiro atoms. The number of nitrogens with one attached hydrogen (secondary N) is 2. The molecule has 1 aliphatic rings. The molecule has 3 aromatic carbocycles. The summed E-state index contributed by atoms with van der Waals surface area (Å²) in [6.07, 6.45) is 2.20. The Balaban J connectivity index is 1.51. The van der Waals surface area contributed by atoms with Crippen molar-refractivity contribution in [2.24, 2.45) is 0 Å². The molecular formula is C31H33N3O2. The van der Waals surface area contributed by atoms with E-state index < -0.39 is 0 Å². The average Bonchev–Trinajstić information content (AvgIpc) is 2.91. The number of nitrogens with zero attached hydrogens (tertiary/aromatic N) is 1. The molecule has 0 saturated carbocycles. The Morgan fingerprint density at radius 1 is 0.917 bits per heavy atom. The summed E-state index contributed by atoms with van der Waals surface area (Å²) in [5.41, 5.74) is 8.89. The Morgan fingerprint density at radius 2 is 1.58 bits per heavy atom. The van der Waals surface area contributed by atoms with E-state index in [1.165, 1.54) is 0 Å². The second-order valence-corrected chi connectivity index (χ2v) is 8.96. The number of benzene rings is 3. The normalized spacial score (nSPS) is 14.9. The lowest BCUT2D eigenvalue weighted by Crippen LogP contribution is -2.36. The van der Waals surface area contributed by atoms with Crippen molar-refractivity contribution in [2.45, 2.75) is 39.2 Å². The van der Waals surface area contributed by atoms with E-state index in [4.69, 9.17) is 0 Å². The summed E-state index contributed by atoms with van der Waals surface area (Å²) < 4.78 is 0. The van der Waals surface area contributed by atoms with Gasteiger partial charge in [0.25, 0.3) is 5.91 Å². The van der Waals surface area contributed by atoms with E-state index >= 15 is 0 Å². The first-order valence-corrected chi connectivity index (χ1v) is 12.6. The molecule has 3 aromatic rings. The third-order valence-electron chi connectivity index (χ3n) is 6.66. The quantitative estimate of drug-likeness (QED) is 0.369. The van der Waals surface area contributed by atoms with E-state index in [0.29, 0.717) is 5.56 Å². The SMILES string of the molecule is CCN(CC)c1ccc(NC(=O)CC2C(C(C)NC(=O)c3ccccc3)=C=Cc3ccccc32)cc1. The summed E-state index contributed by atoms with van der Waals surface area (Å²) in [5.74, 6) is -0.409. The van der Waals surface area contributed by atoms with Crippen LogP contribution in [0.3, 0.4) is 0 Å². The van der Waals surface area contributed by atoms with Crippen LogP contribution in [-0.2, 0) is 4.79 Å². The van der Waals surface area contributed by atoms with Crippen LogP contribution in [0.1, 0.15) is 54.6 Å². The summed E-state index contributed by atoms with van der Waals surface area (Å²) in [6, 6.07) is 24.9. The molecule has 36 heavy (non-hydrogen) atoms. The molecule has 0 fully saturated rings. The molecule has 0 saturated heterocycles. The molecule has 2 atom stereocenters. The minimum Gasteiger partial charge on any atom is -0.372 e. The van der Waals surface area contributed by atoms with Crippen molar-refractivity contribution >= 4 is 29.3 Å². The highest BCUT2D eigenvalue weighted by molar-refractivity contribution is 5.95. The zero-order chi connectivity index (χ0) is 25.5. The number of hydrogen-bond acceptors (Lipinski definition) is 3. The largest absolute Gasteiger partial charge is 0.372 e. The Hall–Kier alpha value is -4.08. The highest BCUT2D eigenvalue weighted by Gasteiger charge is 2.28. The van der Waals surface area contributed by atoms with Gasteiger partial charge in [-0.2, -0.15) is 0 Å². The van der Waals surface area contributed by atoms with Crippen LogP contribution in [0.4, 0.5) is 11.4 Å². The van der Waals surface area contributed by atoms with E-state index in [0.717, 1.165) is 41.2 Å². The van der Waals surface area contributed by atoms with E-state index in [9.17, 15) is 9.59 Å². The zero-order valence-electron chi connectivity index (χ0n) is 21.1. The third kappa shape index (κ3) is 5.76. The summed E-state index contributed by atoms with van der Waals surface area (Å²) >= 11 is 0. The lowest BCUT2D eigenvalue weighted by Gasteiger charge is -2.28. The van der Waals surface area contributed by atoms with Gasteiger partial charge in [-0.3, -0.25) is 9.59 Å². The molecule has 0 aliphatic heterocycles. The molecule has 0 aromatic heterocycles. The lowest BCUT2D eigenvalue weighted by atomic mass is 9.80. The molecule has 4 rings (SSSR count). The monoisotopic (exact) mass is 479 g/mol. The van der Waals surface area contributed by atoms with Gasteiger partial charge in [-0.1, -0.05) is 42.5 Å². The molecule has 2 unspecified atom stereocenters. The molecular weight excluding hydrogens is 446 g/mol. The van der Waals surface area contributed by atoms with Crippen LogP contribution in [0, 0.1) is 0 Å². The maximum Gasteiger partial charge on any atom is 0.251 e. The van der Waals surface area contributed by atoms with Crippen LogP contribution in [-0.4, -0.2) is 30.9 Å². The van der Waals surface area contributed by atoms with Crippen molar-refractivity contribution in [1.29, 1.82) is 0 Å². The molecule has 5 heteroatoms. The maximum absolute atomic E-state index is 13.2. The van der Waals surface area contributed by atoms with Crippen molar-refractivity contribution in [3.63, 3.8) is 0 Å². The molecule has 0 bridgehead atoms. The van der Waals surface area contributed by atoms with E-state index in [2.05, 4.69) is 41.2 Å². The van der Waals surface area contributed by atoms with Crippen LogP contribution in [0.15, 0.2) is 90.2 Å². The van der Waals surface area contributed by atoms with Gasteiger partial charge in [0.15, 0.2) is 0 Å². The Morgan fingerprint density at radius 3 is 2.28 bits per heavy atom. The highest BCUT2D eigenvalue weighted by atomic mass is 16.2. The highest BCUT2D eigenvalue weighted by Crippen LogP contribution is 2.36. The number of hydrogen-bond donors (Lipinski definition) is 2. The van der Waals surface area contributed by atoms with E-state index in [1.807, 2.05) is 73.7 Å². The second-order valence-electron chi connectivity index (χ2n) is 8.96. The Kier molecular flexibility index (Phi) is 8.04. The predicted octanol–water partition coefficient (Wildman–Crippen LogP) is 6.02. The second kappa shape index (κ2) is 11.6. The predicted molar refractivity (Wildman–Crippen MR) is 147 cm³/mol. The smallest absolute Gasteiger partial charge is 0.251 e.